The molecule has 37 heavy (non-hydrogen) atoms. The fraction of sp³-hybridized carbons (Fsp3) is 0.414. The Morgan fingerprint density at radius 1 is 1.24 bits per heavy atom. The van der Waals surface area contributed by atoms with Gasteiger partial charge < -0.3 is 20.9 Å². The average molecular weight is 522 g/mol. The molecule has 8 heteroatoms. The molecular formula is C29H40ClN7. The number of halogens is 1. The van der Waals surface area contributed by atoms with Crippen LogP contribution in [0.5, 0.6) is 0 Å². The van der Waals surface area contributed by atoms with E-state index in [0.29, 0.717) is 11.4 Å². The van der Waals surface area contributed by atoms with E-state index in [1.807, 2.05) is 44.4 Å². The summed E-state index contributed by atoms with van der Waals surface area (Å²) in [4.78, 5) is 2.34. The second-order valence-corrected chi connectivity index (χ2v) is 10.3. The van der Waals surface area contributed by atoms with Crippen LogP contribution in [0.2, 0.25) is 0 Å². The van der Waals surface area contributed by atoms with Gasteiger partial charge in [-0.25, -0.2) is 0 Å². The van der Waals surface area contributed by atoms with Crippen molar-refractivity contribution in [3.05, 3.63) is 74.7 Å². The molecule has 0 aromatic carbocycles. The minimum absolute atomic E-state index is 0.250. The van der Waals surface area contributed by atoms with Gasteiger partial charge in [0, 0.05) is 71.0 Å². The number of rotatable bonds is 11. The zero-order valence-corrected chi connectivity index (χ0v) is 23.4. The van der Waals surface area contributed by atoms with E-state index >= 15 is 0 Å². The third-order valence-electron chi connectivity index (χ3n) is 6.90. The van der Waals surface area contributed by atoms with Crippen molar-refractivity contribution in [2.24, 2.45) is 5.41 Å². The highest BCUT2D eigenvalue weighted by atomic mass is 35.5. The summed E-state index contributed by atoms with van der Waals surface area (Å²) in [7, 11) is 2.15. The van der Waals surface area contributed by atoms with Crippen molar-refractivity contribution in [2.75, 3.05) is 33.2 Å². The van der Waals surface area contributed by atoms with Crippen LogP contribution in [0.4, 0.5) is 0 Å². The first kappa shape index (κ1) is 28.4. The van der Waals surface area contributed by atoms with Gasteiger partial charge in [0.15, 0.2) is 0 Å². The third kappa shape index (κ3) is 7.21. The number of likely N-dealkylation sites (tertiary alicyclic amines) is 1. The molecule has 1 aromatic rings. The van der Waals surface area contributed by atoms with Gasteiger partial charge in [0.25, 0.3) is 0 Å². The van der Waals surface area contributed by atoms with Gasteiger partial charge >= 0.3 is 0 Å². The number of nitrogens with zero attached hydrogens (tertiary/aromatic N) is 2. The standard InChI is InChI=1S/C29H40ClN7/c1-6-10-33-15-23-12-22(8-9-26(23)31)28(32)25(13-24-16-35-36-27(24)11-20(3)14-30)21(4)34-17-29(7-2)18-37(5)19-29/h8-9,11-16,31-34,36H,6-7,10,17-19H2,1-5H3/b20-14+,23-15-,24-13+,25-21-,27-11+,31-26?,32-28?. The Kier molecular flexibility index (Phi) is 9.89. The SMILES string of the molecule is CCCN/C=C1/C=C(C(=N)C(/C=c2\cn[nH]\c2=C\C(C)=C\Cl)=C(/C)NCC2(CC)CN(C)C2)C=CC1=N. The van der Waals surface area contributed by atoms with Gasteiger partial charge in [-0.1, -0.05) is 31.5 Å². The smallest absolute Gasteiger partial charge is 0.0702 e. The molecule has 1 saturated heterocycles. The summed E-state index contributed by atoms with van der Waals surface area (Å²) in [6.07, 6.45) is 15.2. The van der Waals surface area contributed by atoms with Crippen molar-refractivity contribution in [3.8, 4) is 0 Å². The molecule has 0 radical (unpaired) electrons. The van der Waals surface area contributed by atoms with Crippen molar-refractivity contribution in [2.45, 2.75) is 40.5 Å². The number of aromatic nitrogens is 2. The molecule has 198 valence electrons. The van der Waals surface area contributed by atoms with Gasteiger partial charge in [-0.3, -0.25) is 10.5 Å². The van der Waals surface area contributed by atoms with E-state index in [1.165, 1.54) is 5.54 Å². The van der Waals surface area contributed by atoms with E-state index in [9.17, 15) is 5.41 Å². The van der Waals surface area contributed by atoms with Crippen LogP contribution in [0.15, 0.2) is 64.1 Å². The maximum atomic E-state index is 9.21. The molecule has 0 spiro atoms. The van der Waals surface area contributed by atoms with Crippen molar-refractivity contribution in [1.82, 2.24) is 25.7 Å². The van der Waals surface area contributed by atoms with Gasteiger partial charge in [-0.15, -0.1) is 0 Å². The van der Waals surface area contributed by atoms with Crippen molar-refractivity contribution in [3.63, 3.8) is 0 Å². The van der Waals surface area contributed by atoms with Crippen LogP contribution in [0.3, 0.4) is 0 Å². The normalized spacial score (nSPS) is 20.6. The largest absolute Gasteiger partial charge is 0.390 e. The average Bonchev–Trinajstić information content (AvgIpc) is 3.31. The molecule has 1 aromatic heterocycles. The Balaban J connectivity index is 2.04. The zero-order valence-electron chi connectivity index (χ0n) is 22.6. The first-order chi connectivity index (χ1) is 17.7. The highest BCUT2D eigenvalue weighted by Gasteiger charge is 2.39. The van der Waals surface area contributed by atoms with E-state index in [4.69, 9.17) is 17.0 Å². The second kappa shape index (κ2) is 12.9. The lowest BCUT2D eigenvalue weighted by molar-refractivity contribution is 0.0213. The van der Waals surface area contributed by atoms with E-state index in [2.05, 4.69) is 46.6 Å². The highest BCUT2D eigenvalue weighted by molar-refractivity contribution is 6.26. The van der Waals surface area contributed by atoms with Crippen molar-refractivity contribution >= 4 is 35.2 Å². The summed E-state index contributed by atoms with van der Waals surface area (Å²) < 4.78 is 0. The molecule has 1 fully saturated rings. The second-order valence-electron chi connectivity index (χ2n) is 10.1. The summed E-state index contributed by atoms with van der Waals surface area (Å²) in [6, 6.07) is 0. The first-order valence-corrected chi connectivity index (χ1v) is 13.3. The van der Waals surface area contributed by atoms with E-state index in [1.54, 1.807) is 12.3 Å². The molecule has 1 aliphatic carbocycles. The van der Waals surface area contributed by atoms with Gasteiger partial charge in [-0.2, -0.15) is 5.10 Å². The van der Waals surface area contributed by atoms with Crippen LogP contribution in [-0.2, 0) is 0 Å². The Morgan fingerprint density at radius 3 is 2.65 bits per heavy atom. The lowest BCUT2D eigenvalue weighted by atomic mass is 9.77. The van der Waals surface area contributed by atoms with Crippen molar-refractivity contribution in [1.29, 1.82) is 10.8 Å². The molecule has 2 heterocycles. The predicted molar refractivity (Wildman–Crippen MR) is 156 cm³/mol. The Labute approximate surface area is 225 Å². The summed E-state index contributed by atoms with van der Waals surface area (Å²) in [5, 5.41) is 33.4. The molecule has 0 bridgehead atoms. The molecule has 3 rings (SSSR count). The van der Waals surface area contributed by atoms with Gasteiger partial charge in [0.1, 0.15) is 0 Å². The number of allylic oxidation sites excluding steroid dienone is 8. The molecule has 0 atom stereocenters. The molecule has 0 unspecified atom stereocenters. The summed E-state index contributed by atoms with van der Waals surface area (Å²) in [6.45, 7) is 12.1. The van der Waals surface area contributed by atoms with E-state index < -0.39 is 0 Å². The van der Waals surface area contributed by atoms with Crippen LogP contribution in [0.25, 0.3) is 12.2 Å². The number of hydrogen-bond acceptors (Lipinski definition) is 6. The number of hydrogen-bond donors (Lipinski definition) is 5. The van der Waals surface area contributed by atoms with Crippen molar-refractivity contribution < 1.29 is 0 Å². The summed E-state index contributed by atoms with van der Waals surface area (Å²) >= 11 is 5.89. The minimum atomic E-state index is 0.250. The lowest BCUT2D eigenvalue weighted by Crippen LogP contribution is -2.58. The van der Waals surface area contributed by atoms with Gasteiger partial charge in [0.05, 0.1) is 23.0 Å². The van der Waals surface area contributed by atoms with Crippen LogP contribution in [0, 0.1) is 16.2 Å². The van der Waals surface area contributed by atoms with Crippen LogP contribution in [0.1, 0.15) is 40.5 Å². The van der Waals surface area contributed by atoms with Crippen LogP contribution < -0.4 is 21.2 Å². The summed E-state index contributed by atoms with van der Waals surface area (Å²) in [5.41, 5.74) is 6.75. The van der Waals surface area contributed by atoms with Crippen LogP contribution >= 0.6 is 11.6 Å². The topological polar surface area (TPSA) is 104 Å². The lowest BCUT2D eigenvalue weighted by Gasteiger charge is -2.48. The molecule has 7 nitrogen and oxygen atoms in total. The highest BCUT2D eigenvalue weighted by Crippen LogP contribution is 2.32. The fourth-order valence-electron chi connectivity index (χ4n) is 4.61. The predicted octanol–water partition coefficient (Wildman–Crippen LogP) is 3.74. The third-order valence-corrected chi connectivity index (χ3v) is 7.24. The maximum Gasteiger partial charge on any atom is 0.0702 e. The maximum absolute atomic E-state index is 9.21. The Hall–Kier alpha value is -3.16. The zero-order chi connectivity index (χ0) is 27.0. The van der Waals surface area contributed by atoms with Crippen LogP contribution in [-0.4, -0.2) is 59.7 Å². The van der Waals surface area contributed by atoms with E-state index in [0.717, 1.165) is 77.6 Å². The molecule has 5 N–H and O–H groups in total. The summed E-state index contributed by atoms with van der Waals surface area (Å²) in [5.74, 6) is 0. The molecule has 1 aliphatic heterocycles. The molecule has 0 saturated carbocycles. The molecule has 2 aliphatic rings. The van der Waals surface area contributed by atoms with Gasteiger partial charge in [-0.05, 0) is 63.6 Å². The van der Waals surface area contributed by atoms with Gasteiger partial charge in [0.2, 0.25) is 0 Å². The van der Waals surface area contributed by atoms with E-state index in [-0.39, 0.29) is 5.41 Å². The number of aromatic amines is 1. The number of H-pyrrole nitrogens is 1. The number of nitrogens with one attached hydrogen (secondary N) is 5. The molecule has 0 amide bonds. The Morgan fingerprint density at radius 2 is 2.00 bits per heavy atom. The fourth-order valence-corrected chi connectivity index (χ4v) is 4.68. The Bertz CT molecular complexity index is 1280. The monoisotopic (exact) mass is 521 g/mol. The minimum Gasteiger partial charge on any atom is -0.390 e. The first-order valence-electron chi connectivity index (χ1n) is 12.9. The quantitative estimate of drug-likeness (QED) is 0.226. The molecular weight excluding hydrogens is 482 g/mol.